The van der Waals surface area contributed by atoms with Crippen LogP contribution >= 0.6 is 11.3 Å². The van der Waals surface area contributed by atoms with Gasteiger partial charge in [0.1, 0.15) is 0 Å². The van der Waals surface area contributed by atoms with E-state index in [-0.39, 0.29) is 5.91 Å². The van der Waals surface area contributed by atoms with Crippen molar-refractivity contribution in [3.05, 3.63) is 70.2 Å². The van der Waals surface area contributed by atoms with Crippen molar-refractivity contribution in [1.29, 1.82) is 0 Å². The van der Waals surface area contributed by atoms with Gasteiger partial charge in [-0.1, -0.05) is 107 Å². The largest absolute Gasteiger partial charge is 0.493 e. The number of thiazole rings is 1. The predicted molar refractivity (Wildman–Crippen MR) is 162 cm³/mol. The number of carbonyl (C=O) groups is 1. The molecule has 0 radical (unpaired) electrons. The van der Waals surface area contributed by atoms with Crippen molar-refractivity contribution in [2.24, 2.45) is 0 Å². The molecule has 0 aliphatic carbocycles. The van der Waals surface area contributed by atoms with Crippen LogP contribution in [0, 0.1) is 6.92 Å². The van der Waals surface area contributed by atoms with E-state index in [0.29, 0.717) is 29.4 Å². The zero-order valence-electron chi connectivity index (χ0n) is 24.2. The van der Waals surface area contributed by atoms with E-state index in [1.807, 2.05) is 42.5 Å². The fraction of sp³-hybridized carbons (Fsp3) is 0.515. The Morgan fingerprint density at radius 2 is 1.51 bits per heavy atom. The molecule has 0 saturated heterocycles. The maximum Gasteiger partial charge on any atom is 0.255 e. The van der Waals surface area contributed by atoms with Crippen molar-refractivity contribution in [3.8, 4) is 11.5 Å². The Morgan fingerprint density at radius 3 is 2.10 bits per heavy atom. The molecular formula is C33H47N2O3S+. The van der Waals surface area contributed by atoms with Crippen LogP contribution in [0.4, 0.5) is 5.69 Å². The van der Waals surface area contributed by atoms with Gasteiger partial charge in [-0.25, -0.2) is 0 Å². The molecule has 1 amide bonds. The molecule has 0 fully saturated rings. The van der Waals surface area contributed by atoms with E-state index < -0.39 is 0 Å². The number of methoxy groups -OCH3 is 1. The van der Waals surface area contributed by atoms with Gasteiger partial charge in [0.2, 0.25) is 5.51 Å². The number of unbranched alkanes of at least 4 members (excludes halogenated alkanes) is 11. The summed E-state index contributed by atoms with van der Waals surface area (Å²) in [5.41, 5.74) is 5.74. The first-order valence-corrected chi connectivity index (χ1v) is 15.7. The molecule has 0 atom stereocenters. The minimum Gasteiger partial charge on any atom is -0.493 e. The summed E-state index contributed by atoms with van der Waals surface area (Å²) in [6.07, 6.45) is 15.7. The van der Waals surface area contributed by atoms with E-state index in [0.717, 1.165) is 24.9 Å². The van der Waals surface area contributed by atoms with E-state index in [9.17, 15) is 4.79 Å². The van der Waals surface area contributed by atoms with Crippen LogP contribution < -0.4 is 19.4 Å². The lowest BCUT2D eigenvalue weighted by Gasteiger charge is -2.16. The summed E-state index contributed by atoms with van der Waals surface area (Å²) >= 11 is 1.69. The molecular weight excluding hydrogens is 504 g/mol. The molecule has 1 heterocycles. The number of rotatable bonds is 19. The molecule has 39 heavy (non-hydrogen) atoms. The first-order valence-electron chi connectivity index (χ1n) is 14.7. The molecule has 0 aliphatic heterocycles. The van der Waals surface area contributed by atoms with Gasteiger partial charge >= 0.3 is 0 Å². The van der Waals surface area contributed by atoms with Crippen molar-refractivity contribution in [1.82, 2.24) is 0 Å². The Bertz CT molecular complexity index is 1110. The lowest BCUT2D eigenvalue weighted by atomic mass is 10.1. The van der Waals surface area contributed by atoms with Crippen molar-refractivity contribution < 1.29 is 18.8 Å². The molecule has 1 aromatic heterocycles. The molecule has 212 valence electrons. The number of carbonyl (C=O) groups excluding carboxylic acids is 1. The summed E-state index contributed by atoms with van der Waals surface area (Å²) in [6, 6.07) is 13.4. The highest BCUT2D eigenvalue weighted by Gasteiger charge is 2.15. The summed E-state index contributed by atoms with van der Waals surface area (Å²) in [5, 5.41) is 5.16. The van der Waals surface area contributed by atoms with Crippen molar-refractivity contribution in [3.63, 3.8) is 0 Å². The Labute approximate surface area is 239 Å². The highest BCUT2D eigenvalue weighted by atomic mass is 32.1. The second-order valence-corrected chi connectivity index (χ2v) is 11.1. The van der Waals surface area contributed by atoms with E-state index in [1.165, 1.54) is 69.9 Å². The highest BCUT2D eigenvalue weighted by molar-refractivity contribution is 7.07. The monoisotopic (exact) mass is 551 g/mol. The number of nitrogens with one attached hydrogen (secondary N) is 1. The minimum absolute atomic E-state index is 0.163. The second kappa shape index (κ2) is 17.7. The molecule has 5 nitrogen and oxygen atoms in total. The van der Waals surface area contributed by atoms with Crippen LogP contribution in [-0.4, -0.2) is 19.6 Å². The van der Waals surface area contributed by atoms with E-state index >= 15 is 0 Å². The van der Waals surface area contributed by atoms with Crippen LogP contribution in [0.3, 0.4) is 0 Å². The fourth-order valence-corrected chi connectivity index (χ4v) is 5.49. The van der Waals surface area contributed by atoms with Crippen LogP contribution in [-0.2, 0) is 6.54 Å². The Kier molecular flexibility index (Phi) is 13.9. The molecule has 0 saturated carbocycles. The normalized spacial score (nSPS) is 10.9. The van der Waals surface area contributed by atoms with Crippen LogP contribution in [0.25, 0.3) is 0 Å². The summed E-state index contributed by atoms with van der Waals surface area (Å²) in [5.74, 6) is 1.06. The van der Waals surface area contributed by atoms with Gasteiger partial charge in [-0.3, -0.25) is 4.79 Å². The van der Waals surface area contributed by atoms with Crippen molar-refractivity contribution in [2.45, 2.75) is 97.4 Å². The molecule has 3 aromatic rings. The maximum atomic E-state index is 13.0. The van der Waals surface area contributed by atoms with Gasteiger partial charge in [0.05, 0.1) is 24.8 Å². The molecule has 0 aliphatic rings. The number of hydrogen-bond acceptors (Lipinski definition) is 4. The Balaban J connectivity index is 1.41. The highest BCUT2D eigenvalue weighted by Crippen LogP contribution is 2.35. The fourth-order valence-electron chi connectivity index (χ4n) is 4.71. The van der Waals surface area contributed by atoms with E-state index in [1.54, 1.807) is 18.4 Å². The predicted octanol–water partition coefficient (Wildman–Crippen LogP) is 8.73. The summed E-state index contributed by atoms with van der Waals surface area (Å²) in [6.45, 7) is 5.77. The van der Waals surface area contributed by atoms with Gasteiger partial charge in [-0.2, -0.15) is 4.57 Å². The van der Waals surface area contributed by atoms with Gasteiger partial charge in [-0.05, 0) is 30.7 Å². The average molecular weight is 552 g/mol. The topological polar surface area (TPSA) is 51.4 Å². The van der Waals surface area contributed by atoms with Gasteiger partial charge in [-0.15, -0.1) is 0 Å². The van der Waals surface area contributed by atoms with Gasteiger partial charge in [0.15, 0.2) is 23.7 Å². The average Bonchev–Trinajstić information content (AvgIpc) is 3.36. The number of aromatic nitrogens is 1. The first kappa shape index (κ1) is 30.7. The van der Waals surface area contributed by atoms with Gasteiger partial charge < -0.3 is 14.8 Å². The molecule has 0 unspecified atom stereocenters. The van der Waals surface area contributed by atoms with Crippen LogP contribution in [0.5, 0.6) is 11.5 Å². The van der Waals surface area contributed by atoms with E-state index in [2.05, 4.69) is 34.6 Å². The Morgan fingerprint density at radius 1 is 0.872 bits per heavy atom. The molecule has 2 aromatic carbocycles. The third kappa shape index (κ3) is 10.7. The SMILES string of the molecule is CCCCCCCCCCCCCCOc1c(NC(=O)c2ccc(C[n+]3cscc3C)cc2)cccc1OC. The third-order valence-corrected chi connectivity index (χ3v) is 7.99. The number of hydrogen-bond donors (Lipinski definition) is 1. The maximum absolute atomic E-state index is 13.0. The minimum atomic E-state index is -0.163. The Hall–Kier alpha value is -2.86. The summed E-state index contributed by atoms with van der Waals surface area (Å²) in [7, 11) is 1.63. The third-order valence-electron chi connectivity index (χ3n) is 7.14. The number of benzene rings is 2. The van der Waals surface area contributed by atoms with Crippen LogP contribution in [0.2, 0.25) is 0 Å². The molecule has 0 bridgehead atoms. The molecule has 0 spiro atoms. The smallest absolute Gasteiger partial charge is 0.255 e. The number of amides is 1. The number of anilines is 1. The van der Waals surface area contributed by atoms with Crippen molar-refractivity contribution >= 4 is 22.9 Å². The molecule has 3 rings (SSSR count). The van der Waals surface area contributed by atoms with Gasteiger partial charge in [0.25, 0.3) is 5.91 Å². The number of aryl methyl sites for hydroxylation is 1. The van der Waals surface area contributed by atoms with Gasteiger partial charge in [0, 0.05) is 18.1 Å². The van der Waals surface area contributed by atoms with Crippen LogP contribution in [0.15, 0.2) is 53.4 Å². The molecule has 1 N–H and O–H groups in total. The number of ether oxygens (including phenoxy) is 2. The number of nitrogens with zero attached hydrogens (tertiary/aromatic N) is 1. The standard InChI is InChI=1S/C33H46N2O3S/c1-4-5-6-7-8-9-10-11-12-13-14-15-23-38-32-30(17-16-18-31(32)37-3)34-33(36)29-21-19-28(20-22-29)24-35-26-39-25-27(35)2/h16-22,25-26H,4-15,23-24H2,1-3H3/p+1. The van der Waals surface area contributed by atoms with E-state index in [4.69, 9.17) is 9.47 Å². The molecule has 6 heteroatoms. The lowest BCUT2D eigenvalue weighted by molar-refractivity contribution is -0.689. The first-order chi connectivity index (χ1) is 19.1. The summed E-state index contributed by atoms with van der Waals surface area (Å²) < 4.78 is 13.9. The summed E-state index contributed by atoms with van der Waals surface area (Å²) in [4.78, 5) is 13.0. The quantitative estimate of drug-likeness (QED) is 0.120. The zero-order valence-corrected chi connectivity index (χ0v) is 25.0. The zero-order chi connectivity index (χ0) is 27.7. The number of para-hydroxylation sites is 1. The lowest BCUT2D eigenvalue weighted by Crippen LogP contribution is -2.34. The van der Waals surface area contributed by atoms with Crippen molar-refractivity contribution in [2.75, 3.05) is 19.0 Å². The van der Waals surface area contributed by atoms with Crippen LogP contribution in [0.1, 0.15) is 106 Å². The second-order valence-electron chi connectivity index (χ2n) is 10.4.